The topological polar surface area (TPSA) is 15.3 Å². The summed E-state index contributed by atoms with van der Waals surface area (Å²) < 4.78 is 0. The molecule has 1 N–H and O–H groups in total. The molecule has 0 aliphatic carbocycles. The first-order valence-electron chi connectivity index (χ1n) is 8.33. The number of nitrogens with zero attached hydrogens (tertiary/aromatic N) is 1. The van der Waals surface area contributed by atoms with Crippen LogP contribution in [0.15, 0.2) is 30.3 Å². The molecule has 2 atom stereocenters. The van der Waals surface area contributed by atoms with Gasteiger partial charge in [0, 0.05) is 12.6 Å². The molecule has 20 heavy (non-hydrogen) atoms. The molecule has 0 radical (unpaired) electrons. The fourth-order valence-corrected chi connectivity index (χ4v) is 3.41. The third-order valence-corrected chi connectivity index (χ3v) is 4.59. The van der Waals surface area contributed by atoms with E-state index in [1.54, 1.807) is 0 Å². The number of likely N-dealkylation sites (tertiary alicyclic amines) is 1. The first-order valence-corrected chi connectivity index (χ1v) is 8.33. The van der Waals surface area contributed by atoms with Gasteiger partial charge in [0.1, 0.15) is 0 Å². The van der Waals surface area contributed by atoms with Crippen LogP contribution in [-0.4, -0.2) is 37.1 Å². The molecular weight excluding hydrogens is 244 g/mol. The third-order valence-electron chi connectivity index (χ3n) is 4.59. The summed E-state index contributed by atoms with van der Waals surface area (Å²) in [5, 5.41) is 3.66. The minimum absolute atomic E-state index is 0.746. The number of piperidine rings is 1. The summed E-state index contributed by atoms with van der Waals surface area (Å²) in [7, 11) is 0. The highest BCUT2D eigenvalue weighted by Crippen LogP contribution is 2.20. The molecule has 1 aromatic rings. The number of nitrogens with one attached hydrogen (secondary N) is 1. The Morgan fingerprint density at radius 2 is 2.00 bits per heavy atom. The number of hydrogen-bond acceptors (Lipinski definition) is 2. The van der Waals surface area contributed by atoms with E-state index in [4.69, 9.17) is 0 Å². The summed E-state index contributed by atoms with van der Waals surface area (Å²) in [6.07, 6.45) is 5.11. The lowest BCUT2D eigenvalue weighted by atomic mass is 9.89. The van der Waals surface area contributed by atoms with E-state index in [1.165, 1.54) is 50.9 Å². The molecule has 1 aromatic carbocycles. The van der Waals surface area contributed by atoms with Crippen molar-refractivity contribution in [1.82, 2.24) is 10.2 Å². The standard InChI is InChI=1S/C18H30N2/c1-3-17-15-20(14-12-18(17)19-4-2)13-8-11-16-9-6-5-7-10-16/h5-7,9-10,17-19H,3-4,8,11-15H2,1-2H3. The van der Waals surface area contributed by atoms with Crippen LogP contribution < -0.4 is 5.32 Å². The summed E-state index contributed by atoms with van der Waals surface area (Å²) in [6.45, 7) is 9.47. The molecule has 0 saturated carbocycles. The lowest BCUT2D eigenvalue weighted by Gasteiger charge is -2.38. The zero-order chi connectivity index (χ0) is 14.2. The lowest BCUT2D eigenvalue weighted by Crippen LogP contribution is -2.49. The van der Waals surface area contributed by atoms with Crippen molar-refractivity contribution < 1.29 is 0 Å². The van der Waals surface area contributed by atoms with Gasteiger partial charge in [0.25, 0.3) is 0 Å². The van der Waals surface area contributed by atoms with Crippen molar-refractivity contribution in [2.24, 2.45) is 5.92 Å². The molecule has 2 unspecified atom stereocenters. The molecule has 1 heterocycles. The van der Waals surface area contributed by atoms with E-state index in [-0.39, 0.29) is 0 Å². The van der Waals surface area contributed by atoms with Crippen molar-refractivity contribution in [3.8, 4) is 0 Å². The maximum atomic E-state index is 3.66. The van der Waals surface area contributed by atoms with Gasteiger partial charge < -0.3 is 10.2 Å². The Hall–Kier alpha value is -0.860. The van der Waals surface area contributed by atoms with Crippen LogP contribution in [0.5, 0.6) is 0 Å². The molecule has 112 valence electrons. The zero-order valence-corrected chi connectivity index (χ0v) is 13.1. The zero-order valence-electron chi connectivity index (χ0n) is 13.1. The predicted molar refractivity (Wildman–Crippen MR) is 87.1 cm³/mol. The van der Waals surface area contributed by atoms with Crippen LogP contribution in [-0.2, 0) is 6.42 Å². The average Bonchev–Trinajstić information content (AvgIpc) is 2.50. The Balaban J connectivity index is 1.72. The average molecular weight is 274 g/mol. The van der Waals surface area contributed by atoms with Crippen LogP contribution >= 0.6 is 0 Å². The minimum Gasteiger partial charge on any atom is -0.314 e. The molecule has 0 spiro atoms. The maximum Gasteiger partial charge on any atom is 0.0119 e. The monoisotopic (exact) mass is 274 g/mol. The van der Waals surface area contributed by atoms with Crippen LogP contribution in [0.2, 0.25) is 0 Å². The minimum atomic E-state index is 0.746. The molecule has 1 aliphatic heterocycles. The summed E-state index contributed by atoms with van der Waals surface area (Å²) in [5.41, 5.74) is 1.47. The van der Waals surface area contributed by atoms with Gasteiger partial charge in [-0.3, -0.25) is 0 Å². The van der Waals surface area contributed by atoms with Gasteiger partial charge in [-0.25, -0.2) is 0 Å². The number of rotatable bonds is 7. The second kappa shape index (κ2) is 8.43. The Morgan fingerprint density at radius 3 is 2.70 bits per heavy atom. The van der Waals surface area contributed by atoms with Crippen molar-refractivity contribution in [2.75, 3.05) is 26.2 Å². The highest BCUT2D eigenvalue weighted by Gasteiger charge is 2.26. The molecule has 2 rings (SSSR count). The second-order valence-electron chi connectivity index (χ2n) is 6.01. The van der Waals surface area contributed by atoms with E-state index in [0.29, 0.717) is 0 Å². The molecule has 1 saturated heterocycles. The van der Waals surface area contributed by atoms with Gasteiger partial charge in [-0.15, -0.1) is 0 Å². The Morgan fingerprint density at radius 1 is 1.20 bits per heavy atom. The fourth-order valence-electron chi connectivity index (χ4n) is 3.41. The molecule has 0 bridgehead atoms. The lowest BCUT2D eigenvalue weighted by molar-refractivity contribution is 0.134. The molecule has 2 nitrogen and oxygen atoms in total. The molecular formula is C18H30N2. The highest BCUT2D eigenvalue weighted by molar-refractivity contribution is 5.14. The Labute approximate surface area is 124 Å². The normalized spacial score (nSPS) is 23.9. The largest absolute Gasteiger partial charge is 0.314 e. The number of benzene rings is 1. The van der Waals surface area contributed by atoms with E-state index >= 15 is 0 Å². The first kappa shape index (κ1) is 15.5. The summed E-state index contributed by atoms with van der Waals surface area (Å²) in [5.74, 6) is 0.834. The summed E-state index contributed by atoms with van der Waals surface area (Å²) in [4.78, 5) is 2.67. The van der Waals surface area contributed by atoms with Crippen molar-refractivity contribution in [2.45, 2.75) is 45.6 Å². The second-order valence-corrected chi connectivity index (χ2v) is 6.01. The number of aryl methyl sites for hydroxylation is 1. The van der Waals surface area contributed by atoms with E-state index in [2.05, 4.69) is 54.4 Å². The van der Waals surface area contributed by atoms with Gasteiger partial charge in [-0.05, 0) is 50.4 Å². The van der Waals surface area contributed by atoms with E-state index < -0.39 is 0 Å². The van der Waals surface area contributed by atoms with E-state index in [1.807, 2.05) is 0 Å². The van der Waals surface area contributed by atoms with Crippen LogP contribution in [0.1, 0.15) is 38.7 Å². The molecule has 1 fully saturated rings. The fraction of sp³-hybridized carbons (Fsp3) is 0.667. The predicted octanol–water partition coefficient (Wildman–Crippen LogP) is 3.33. The highest BCUT2D eigenvalue weighted by atomic mass is 15.1. The molecule has 0 amide bonds. The van der Waals surface area contributed by atoms with Crippen molar-refractivity contribution in [1.29, 1.82) is 0 Å². The van der Waals surface area contributed by atoms with E-state index in [9.17, 15) is 0 Å². The van der Waals surface area contributed by atoms with Crippen LogP contribution in [0.25, 0.3) is 0 Å². The van der Waals surface area contributed by atoms with Crippen LogP contribution in [0.4, 0.5) is 0 Å². The van der Waals surface area contributed by atoms with Crippen LogP contribution in [0, 0.1) is 5.92 Å². The third kappa shape index (κ3) is 4.60. The quantitative estimate of drug-likeness (QED) is 0.820. The van der Waals surface area contributed by atoms with Crippen molar-refractivity contribution >= 4 is 0 Å². The van der Waals surface area contributed by atoms with Gasteiger partial charge in [0.05, 0.1) is 0 Å². The Kier molecular flexibility index (Phi) is 6.55. The van der Waals surface area contributed by atoms with Crippen molar-refractivity contribution in [3.05, 3.63) is 35.9 Å². The van der Waals surface area contributed by atoms with Gasteiger partial charge in [0.2, 0.25) is 0 Å². The van der Waals surface area contributed by atoms with Gasteiger partial charge in [-0.2, -0.15) is 0 Å². The molecule has 0 aromatic heterocycles. The first-order chi connectivity index (χ1) is 9.83. The summed E-state index contributed by atoms with van der Waals surface area (Å²) in [6, 6.07) is 11.6. The number of hydrogen-bond donors (Lipinski definition) is 1. The van der Waals surface area contributed by atoms with E-state index in [0.717, 1.165) is 18.5 Å². The van der Waals surface area contributed by atoms with Gasteiger partial charge in [0.15, 0.2) is 0 Å². The van der Waals surface area contributed by atoms with Crippen molar-refractivity contribution in [3.63, 3.8) is 0 Å². The summed E-state index contributed by atoms with van der Waals surface area (Å²) >= 11 is 0. The van der Waals surface area contributed by atoms with Gasteiger partial charge in [-0.1, -0.05) is 50.6 Å². The molecule has 1 aliphatic rings. The molecule has 2 heteroatoms. The van der Waals surface area contributed by atoms with Crippen LogP contribution in [0.3, 0.4) is 0 Å². The smallest absolute Gasteiger partial charge is 0.0119 e. The SMILES string of the molecule is CCNC1CCN(CCCc2ccccc2)CC1CC. The maximum absolute atomic E-state index is 3.66. The Bertz CT molecular complexity index is 363. The van der Waals surface area contributed by atoms with Gasteiger partial charge >= 0.3 is 0 Å².